The van der Waals surface area contributed by atoms with Crippen molar-refractivity contribution in [3.63, 3.8) is 0 Å². The molecule has 1 aromatic heterocycles. The minimum Gasteiger partial charge on any atom is -0.496 e. The second-order valence-corrected chi connectivity index (χ2v) is 7.78. The van der Waals surface area contributed by atoms with E-state index in [4.69, 9.17) is 18.9 Å². The highest BCUT2D eigenvalue weighted by Gasteiger charge is 2.28. The lowest BCUT2D eigenvalue weighted by Gasteiger charge is -2.27. The van der Waals surface area contributed by atoms with Gasteiger partial charge >= 0.3 is 0 Å². The van der Waals surface area contributed by atoms with Gasteiger partial charge in [0.05, 0.1) is 26.9 Å². The Morgan fingerprint density at radius 3 is 2.19 bits per heavy atom. The average Bonchev–Trinajstić information content (AvgIpc) is 3.27. The van der Waals surface area contributed by atoms with Gasteiger partial charge in [-0.15, -0.1) is 11.8 Å². The largest absolute Gasteiger partial charge is 0.496 e. The maximum absolute atomic E-state index is 5.84. The Kier molecular flexibility index (Phi) is 6.52. The molecule has 0 amide bonds. The van der Waals surface area contributed by atoms with Crippen LogP contribution in [0.5, 0.6) is 29.0 Å². The van der Waals surface area contributed by atoms with Gasteiger partial charge in [-0.2, -0.15) is 4.98 Å². The molecule has 0 spiro atoms. The number of ether oxygens (including phenoxy) is 4. The van der Waals surface area contributed by atoms with E-state index < -0.39 is 0 Å². The van der Waals surface area contributed by atoms with Crippen molar-refractivity contribution < 1.29 is 18.9 Å². The maximum atomic E-state index is 5.84. The van der Waals surface area contributed by atoms with Crippen molar-refractivity contribution >= 4 is 11.8 Å². The minimum atomic E-state index is 0.0722. The first-order valence-electron chi connectivity index (χ1n) is 9.78. The third-order valence-electron chi connectivity index (χ3n) is 4.89. The molecule has 7 heteroatoms. The number of thioether (sulfide) groups is 1. The number of methoxy groups -OCH3 is 3. The van der Waals surface area contributed by atoms with E-state index in [-0.39, 0.29) is 5.37 Å². The Balaban J connectivity index is 1.48. The molecule has 2 aromatic carbocycles. The molecule has 2 heterocycles. The lowest BCUT2D eigenvalue weighted by Crippen LogP contribution is -2.19. The summed E-state index contributed by atoms with van der Waals surface area (Å²) >= 11 is 1.73. The van der Waals surface area contributed by atoms with Crippen LogP contribution in [0, 0.1) is 0 Å². The van der Waals surface area contributed by atoms with Crippen LogP contribution in [0.3, 0.4) is 0 Å². The van der Waals surface area contributed by atoms with Crippen molar-refractivity contribution in [3.05, 3.63) is 83.4 Å². The molecule has 160 valence electrons. The summed E-state index contributed by atoms with van der Waals surface area (Å²) in [6.07, 6.45) is 2.10. The minimum absolute atomic E-state index is 0.0722. The summed E-state index contributed by atoms with van der Waals surface area (Å²) in [4.78, 5) is 6.55. The molecule has 0 saturated heterocycles. The fourth-order valence-electron chi connectivity index (χ4n) is 3.40. The fraction of sp³-hybridized carbons (Fsp3) is 0.208. The summed E-state index contributed by atoms with van der Waals surface area (Å²) in [5.41, 5.74) is 2.20. The van der Waals surface area contributed by atoms with Crippen molar-refractivity contribution in [1.82, 2.24) is 9.88 Å². The van der Waals surface area contributed by atoms with Crippen LogP contribution in [0.4, 0.5) is 0 Å². The Labute approximate surface area is 186 Å². The molecule has 1 aliphatic heterocycles. The summed E-state index contributed by atoms with van der Waals surface area (Å²) in [5.74, 6) is 3.37. The van der Waals surface area contributed by atoms with E-state index in [0.717, 1.165) is 34.9 Å². The van der Waals surface area contributed by atoms with Crippen LogP contribution in [-0.2, 0) is 6.54 Å². The molecule has 6 nitrogen and oxygen atoms in total. The van der Waals surface area contributed by atoms with E-state index in [0.29, 0.717) is 11.8 Å². The van der Waals surface area contributed by atoms with E-state index >= 15 is 0 Å². The standard InChI is InChI=1S/C24H24N2O4S/c1-27-19-6-4-7-20(28-2)23(19)24-26(14-15-31-24)16-17-10-12-18(13-11-17)30-22-9-5-8-21(25-22)29-3/h4-15,24H,16H2,1-3H3. The van der Waals surface area contributed by atoms with Crippen LogP contribution in [0.2, 0.25) is 0 Å². The zero-order chi connectivity index (χ0) is 21.6. The number of pyridine rings is 1. The van der Waals surface area contributed by atoms with E-state index in [2.05, 4.69) is 33.6 Å². The van der Waals surface area contributed by atoms with Gasteiger partial charge in [0.2, 0.25) is 11.8 Å². The van der Waals surface area contributed by atoms with Gasteiger partial charge in [0.25, 0.3) is 0 Å². The van der Waals surface area contributed by atoms with Crippen LogP contribution < -0.4 is 18.9 Å². The molecule has 4 rings (SSSR count). The lowest BCUT2D eigenvalue weighted by atomic mass is 10.1. The van der Waals surface area contributed by atoms with E-state index in [1.807, 2.05) is 36.4 Å². The quantitative estimate of drug-likeness (QED) is 0.454. The summed E-state index contributed by atoms with van der Waals surface area (Å²) in [7, 11) is 4.96. The van der Waals surface area contributed by atoms with Gasteiger partial charge in [0.15, 0.2) is 0 Å². The topological polar surface area (TPSA) is 53.1 Å². The molecule has 31 heavy (non-hydrogen) atoms. The van der Waals surface area contributed by atoms with Gasteiger partial charge in [0.1, 0.15) is 22.6 Å². The van der Waals surface area contributed by atoms with Crippen LogP contribution in [0.1, 0.15) is 16.5 Å². The second-order valence-electron chi connectivity index (χ2n) is 6.79. The molecular formula is C24H24N2O4S. The van der Waals surface area contributed by atoms with Crippen LogP contribution in [0.15, 0.2) is 72.3 Å². The van der Waals surface area contributed by atoms with Gasteiger partial charge in [-0.05, 0) is 35.2 Å². The second kappa shape index (κ2) is 9.66. The Morgan fingerprint density at radius 1 is 0.839 bits per heavy atom. The molecular weight excluding hydrogens is 412 g/mol. The maximum Gasteiger partial charge on any atom is 0.222 e. The van der Waals surface area contributed by atoms with Gasteiger partial charge in [0, 0.05) is 24.9 Å². The number of hydrogen-bond donors (Lipinski definition) is 0. The summed E-state index contributed by atoms with van der Waals surface area (Å²) in [6.45, 7) is 0.743. The number of aromatic nitrogens is 1. The molecule has 1 atom stereocenters. The zero-order valence-electron chi connectivity index (χ0n) is 17.6. The number of nitrogens with zero attached hydrogens (tertiary/aromatic N) is 2. The molecule has 0 saturated carbocycles. The molecule has 0 radical (unpaired) electrons. The predicted molar refractivity (Wildman–Crippen MR) is 122 cm³/mol. The number of hydrogen-bond acceptors (Lipinski definition) is 7. The number of rotatable bonds is 8. The Hall–Kier alpha value is -3.32. The summed E-state index contributed by atoms with van der Waals surface area (Å²) in [5, 5.41) is 2.17. The first-order chi connectivity index (χ1) is 15.2. The summed E-state index contributed by atoms with van der Waals surface area (Å²) < 4.78 is 22.2. The van der Waals surface area contributed by atoms with Gasteiger partial charge in [-0.25, -0.2) is 0 Å². The smallest absolute Gasteiger partial charge is 0.222 e. The molecule has 0 aliphatic carbocycles. The SMILES string of the molecule is COc1cccc(Oc2ccc(CN3C=CSC3c3c(OC)cccc3OC)cc2)n1. The Bertz CT molecular complexity index is 1030. The van der Waals surface area contributed by atoms with Crippen molar-refractivity contribution in [3.8, 4) is 29.0 Å². The van der Waals surface area contributed by atoms with Crippen LogP contribution >= 0.6 is 11.8 Å². The zero-order valence-corrected chi connectivity index (χ0v) is 18.5. The first kappa shape index (κ1) is 20.9. The van der Waals surface area contributed by atoms with Gasteiger partial charge in [-0.3, -0.25) is 0 Å². The molecule has 1 unspecified atom stereocenters. The Morgan fingerprint density at radius 2 is 1.52 bits per heavy atom. The van der Waals surface area contributed by atoms with E-state index in [1.54, 1.807) is 45.2 Å². The van der Waals surface area contributed by atoms with E-state index in [1.165, 1.54) is 0 Å². The van der Waals surface area contributed by atoms with E-state index in [9.17, 15) is 0 Å². The summed E-state index contributed by atoms with van der Waals surface area (Å²) in [6, 6.07) is 19.3. The van der Waals surface area contributed by atoms with Crippen LogP contribution in [-0.4, -0.2) is 31.2 Å². The molecule has 0 N–H and O–H groups in total. The molecule has 3 aromatic rings. The highest BCUT2D eigenvalue weighted by Crippen LogP contribution is 2.47. The normalized spacial score (nSPS) is 15.1. The molecule has 0 fully saturated rings. The van der Waals surface area contributed by atoms with Gasteiger partial charge in [-0.1, -0.05) is 24.3 Å². The highest BCUT2D eigenvalue weighted by atomic mass is 32.2. The van der Waals surface area contributed by atoms with Crippen molar-refractivity contribution in [2.45, 2.75) is 11.9 Å². The molecule has 1 aliphatic rings. The fourth-order valence-corrected chi connectivity index (χ4v) is 4.44. The first-order valence-corrected chi connectivity index (χ1v) is 10.7. The van der Waals surface area contributed by atoms with Crippen molar-refractivity contribution in [2.75, 3.05) is 21.3 Å². The highest BCUT2D eigenvalue weighted by molar-refractivity contribution is 8.02. The number of benzene rings is 2. The van der Waals surface area contributed by atoms with Crippen LogP contribution in [0.25, 0.3) is 0 Å². The van der Waals surface area contributed by atoms with Crippen molar-refractivity contribution in [2.24, 2.45) is 0 Å². The lowest BCUT2D eigenvalue weighted by molar-refractivity contribution is 0.328. The molecule has 0 bridgehead atoms. The van der Waals surface area contributed by atoms with Gasteiger partial charge < -0.3 is 23.8 Å². The third kappa shape index (κ3) is 4.72. The predicted octanol–water partition coefficient (Wildman–Crippen LogP) is 5.62. The van der Waals surface area contributed by atoms with Crippen molar-refractivity contribution in [1.29, 1.82) is 0 Å². The monoisotopic (exact) mass is 436 g/mol. The average molecular weight is 437 g/mol. The third-order valence-corrected chi connectivity index (χ3v) is 5.94.